The van der Waals surface area contributed by atoms with Gasteiger partial charge in [-0.15, -0.1) is 6.58 Å². The second kappa shape index (κ2) is 8.18. The summed E-state index contributed by atoms with van der Waals surface area (Å²) in [5, 5.41) is 2.56. The van der Waals surface area contributed by atoms with E-state index in [1.54, 1.807) is 43.3 Å². The van der Waals surface area contributed by atoms with Gasteiger partial charge in [0, 0.05) is 11.1 Å². The Kier molecular flexibility index (Phi) is 5.68. The van der Waals surface area contributed by atoms with E-state index in [1.165, 1.54) is 25.3 Å². The Labute approximate surface area is 168 Å². The lowest BCUT2D eigenvalue weighted by Gasteiger charge is -2.39. The molecule has 0 aliphatic carbocycles. The maximum atomic E-state index is 13.0. The second-order valence-corrected chi connectivity index (χ2v) is 6.35. The standard InChI is InChI=1S/C22H21NO6/c1-4-17-16-8-6-7-9-18(16)29-21(26)22(17,20(25)28-5-2)23-19(24)14-10-12-15(27-3)13-11-14/h4,6-13,17H,1,5H2,2-3H3,(H,23,24). The number of hydrogen-bond donors (Lipinski definition) is 1. The molecule has 2 unspecified atom stereocenters. The summed E-state index contributed by atoms with van der Waals surface area (Å²) in [6, 6.07) is 13.0. The van der Waals surface area contributed by atoms with Crippen molar-refractivity contribution in [3.63, 3.8) is 0 Å². The number of methoxy groups -OCH3 is 1. The lowest BCUT2D eigenvalue weighted by atomic mass is 9.76. The van der Waals surface area contributed by atoms with Crippen LogP contribution < -0.4 is 14.8 Å². The van der Waals surface area contributed by atoms with Crippen molar-refractivity contribution in [1.29, 1.82) is 0 Å². The number of hydrogen-bond acceptors (Lipinski definition) is 6. The molecule has 1 amide bonds. The highest BCUT2D eigenvalue weighted by molar-refractivity contribution is 6.13. The molecule has 0 saturated carbocycles. The molecule has 7 nitrogen and oxygen atoms in total. The van der Waals surface area contributed by atoms with Crippen molar-refractivity contribution in [3.8, 4) is 11.5 Å². The molecular formula is C22H21NO6. The van der Waals surface area contributed by atoms with Gasteiger partial charge in [-0.3, -0.25) is 4.79 Å². The van der Waals surface area contributed by atoms with Crippen LogP contribution >= 0.6 is 0 Å². The lowest BCUT2D eigenvalue weighted by Crippen LogP contribution is -2.66. The highest BCUT2D eigenvalue weighted by atomic mass is 16.6. The van der Waals surface area contributed by atoms with Gasteiger partial charge in [-0.2, -0.15) is 0 Å². The van der Waals surface area contributed by atoms with Crippen molar-refractivity contribution in [2.75, 3.05) is 13.7 Å². The third-order valence-electron chi connectivity index (χ3n) is 4.74. The van der Waals surface area contributed by atoms with Crippen LogP contribution in [0.3, 0.4) is 0 Å². The summed E-state index contributed by atoms with van der Waals surface area (Å²) in [6.07, 6.45) is 1.43. The predicted octanol–water partition coefficient (Wildman–Crippen LogP) is 2.62. The van der Waals surface area contributed by atoms with E-state index in [0.717, 1.165) is 0 Å². The summed E-state index contributed by atoms with van der Waals surface area (Å²) in [5.41, 5.74) is -1.31. The van der Waals surface area contributed by atoms with Crippen LogP contribution in [-0.2, 0) is 14.3 Å². The number of esters is 2. The number of rotatable bonds is 6. The van der Waals surface area contributed by atoms with E-state index in [4.69, 9.17) is 14.2 Å². The molecule has 2 aromatic carbocycles. The highest BCUT2D eigenvalue weighted by Crippen LogP contribution is 2.41. The Morgan fingerprint density at radius 2 is 1.90 bits per heavy atom. The van der Waals surface area contributed by atoms with E-state index < -0.39 is 29.3 Å². The average Bonchev–Trinajstić information content (AvgIpc) is 2.74. The summed E-state index contributed by atoms with van der Waals surface area (Å²) >= 11 is 0. The first kappa shape index (κ1) is 20.1. The number of carbonyl (C=O) groups is 3. The summed E-state index contributed by atoms with van der Waals surface area (Å²) < 4.78 is 15.6. The van der Waals surface area contributed by atoms with Gasteiger partial charge < -0.3 is 19.5 Å². The van der Waals surface area contributed by atoms with Gasteiger partial charge in [0.1, 0.15) is 11.5 Å². The fourth-order valence-corrected chi connectivity index (χ4v) is 3.30. The number of carbonyl (C=O) groups excluding carboxylic acids is 3. The van der Waals surface area contributed by atoms with Crippen LogP contribution in [0.2, 0.25) is 0 Å². The zero-order valence-corrected chi connectivity index (χ0v) is 16.1. The van der Waals surface area contributed by atoms with Crippen LogP contribution in [0, 0.1) is 0 Å². The van der Waals surface area contributed by atoms with Crippen molar-refractivity contribution in [2.24, 2.45) is 0 Å². The van der Waals surface area contributed by atoms with Crippen LogP contribution in [0.5, 0.6) is 11.5 Å². The predicted molar refractivity (Wildman–Crippen MR) is 105 cm³/mol. The number of benzene rings is 2. The monoisotopic (exact) mass is 395 g/mol. The van der Waals surface area contributed by atoms with Crippen LogP contribution in [0.4, 0.5) is 0 Å². The van der Waals surface area contributed by atoms with Gasteiger partial charge in [-0.25, -0.2) is 9.59 Å². The largest absolute Gasteiger partial charge is 0.497 e. The number of fused-ring (bicyclic) bond motifs is 1. The summed E-state index contributed by atoms with van der Waals surface area (Å²) in [6.45, 7) is 5.41. The highest BCUT2D eigenvalue weighted by Gasteiger charge is 2.59. The lowest BCUT2D eigenvalue weighted by molar-refractivity contribution is -0.163. The van der Waals surface area contributed by atoms with Crippen LogP contribution in [-0.4, -0.2) is 37.1 Å². The molecule has 0 radical (unpaired) electrons. The number of amides is 1. The molecule has 2 aromatic rings. The molecule has 0 bridgehead atoms. The second-order valence-electron chi connectivity index (χ2n) is 6.35. The fraction of sp³-hybridized carbons (Fsp3) is 0.227. The van der Waals surface area contributed by atoms with Gasteiger partial charge >= 0.3 is 11.9 Å². The summed E-state index contributed by atoms with van der Waals surface area (Å²) in [4.78, 5) is 38.9. The molecule has 1 heterocycles. The third-order valence-corrected chi connectivity index (χ3v) is 4.74. The quantitative estimate of drug-likeness (QED) is 0.350. The van der Waals surface area contributed by atoms with E-state index in [-0.39, 0.29) is 12.2 Å². The molecule has 0 aromatic heterocycles. The van der Waals surface area contributed by atoms with E-state index in [1.807, 2.05) is 0 Å². The Balaban J connectivity index is 2.07. The van der Waals surface area contributed by atoms with Crippen molar-refractivity contribution in [2.45, 2.75) is 18.4 Å². The van der Waals surface area contributed by atoms with Crippen molar-refractivity contribution < 1.29 is 28.6 Å². The molecule has 1 N–H and O–H groups in total. The maximum absolute atomic E-state index is 13.0. The van der Waals surface area contributed by atoms with Gasteiger partial charge in [0.05, 0.1) is 19.6 Å². The minimum Gasteiger partial charge on any atom is -0.497 e. The smallest absolute Gasteiger partial charge is 0.350 e. The average molecular weight is 395 g/mol. The SMILES string of the molecule is C=CC1c2ccccc2OC(=O)C1(NC(=O)c1ccc(OC)cc1)C(=O)OCC. The van der Waals surface area contributed by atoms with Gasteiger partial charge in [-0.1, -0.05) is 24.3 Å². The van der Waals surface area contributed by atoms with E-state index in [0.29, 0.717) is 17.1 Å². The molecule has 1 aliphatic heterocycles. The first-order valence-electron chi connectivity index (χ1n) is 9.05. The van der Waals surface area contributed by atoms with Crippen molar-refractivity contribution in [3.05, 3.63) is 72.3 Å². The van der Waals surface area contributed by atoms with Crippen LogP contribution in [0.1, 0.15) is 28.8 Å². The first-order chi connectivity index (χ1) is 14.0. The van der Waals surface area contributed by atoms with Gasteiger partial charge in [-0.05, 0) is 37.3 Å². The van der Waals surface area contributed by atoms with Crippen molar-refractivity contribution >= 4 is 17.8 Å². The normalized spacial score (nSPS) is 20.1. The Morgan fingerprint density at radius 1 is 1.21 bits per heavy atom. The number of nitrogens with one attached hydrogen (secondary N) is 1. The third kappa shape index (κ3) is 3.47. The molecule has 1 aliphatic rings. The Hall–Kier alpha value is -3.61. The first-order valence-corrected chi connectivity index (χ1v) is 9.05. The van der Waals surface area contributed by atoms with Gasteiger partial charge in [0.25, 0.3) is 5.91 Å². The van der Waals surface area contributed by atoms with Gasteiger partial charge in [0.2, 0.25) is 5.54 Å². The van der Waals surface area contributed by atoms with E-state index in [2.05, 4.69) is 11.9 Å². The van der Waals surface area contributed by atoms with Crippen molar-refractivity contribution in [1.82, 2.24) is 5.32 Å². The number of para-hydroxylation sites is 1. The molecule has 2 atom stereocenters. The van der Waals surface area contributed by atoms with Crippen LogP contribution in [0.25, 0.3) is 0 Å². The van der Waals surface area contributed by atoms with Gasteiger partial charge in [0.15, 0.2) is 0 Å². The molecule has 0 saturated heterocycles. The number of ether oxygens (including phenoxy) is 3. The molecule has 150 valence electrons. The summed E-state index contributed by atoms with van der Waals surface area (Å²) in [5.74, 6) is -2.48. The zero-order valence-electron chi connectivity index (χ0n) is 16.1. The van der Waals surface area contributed by atoms with E-state index >= 15 is 0 Å². The minimum absolute atomic E-state index is 0.0256. The molecule has 3 rings (SSSR count). The molecular weight excluding hydrogens is 374 g/mol. The molecule has 29 heavy (non-hydrogen) atoms. The molecule has 0 fully saturated rings. The molecule has 0 spiro atoms. The molecule has 7 heteroatoms. The minimum atomic E-state index is -2.09. The zero-order chi connectivity index (χ0) is 21.0. The van der Waals surface area contributed by atoms with E-state index in [9.17, 15) is 14.4 Å². The fourth-order valence-electron chi connectivity index (χ4n) is 3.30. The topological polar surface area (TPSA) is 90.9 Å². The Morgan fingerprint density at radius 3 is 2.52 bits per heavy atom. The Bertz CT molecular complexity index is 952. The summed E-state index contributed by atoms with van der Waals surface area (Å²) in [7, 11) is 1.51. The maximum Gasteiger partial charge on any atom is 0.350 e. The van der Waals surface area contributed by atoms with Crippen LogP contribution in [0.15, 0.2) is 61.2 Å².